The van der Waals surface area contributed by atoms with Crippen LogP contribution in [0.15, 0.2) is 36.5 Å². The normalized spacial score (nSPS) is 15.2. The Morgan fingerprint density at radius 1 is 1.15 bits per heavy atom. The van der Waals surface area contributed by atoms with Crippen LogP contribution in [0, 0.1) is 11.3 Å². The number of hydrogen-bond donors (Lipinski definition) is 4. The molecule has 9 nitrogen and oxygen atoms in total. The number of nitrogens with zero attached hydrogens (tertiary/aromatic N) is 2. The second-order valence-electron chi connectivity index (χ2n) is 9.68. The Hall–Kier alpha value is -3.20. The lowest BCUT2D eigenvalue weighted by Crippen LogP contribution is -2.57. The highest BCUT2D eigenvalue weighted by atomic mass is 16.5. The van der Waals surface area contributed by atoms with Gasteiger partial charge in [-0.1, -0.05) is 39.7 Å². The third kappa shape index (κ3) is 6.41. The summed E-state index contributed by atoms with van der Waals surface area (Å²) in [6, 6.07) is 7.68. The maximum absolute atomic E-state index is 13.5. The number of amides is 4. The third-order valence-corrected chi connectivity index (χ3v) is 6.01. The van der Waals surface area contributed by atoms with E-state index in [9.17, 15) is 14.4 Å². The Kier molecular flexibility index (Phi) is 7.86. The topological polar surface area (TPSA) is 124 Å². The number of carbonyl (C=O) groups is 3. The molecule has 2 aromatic rings. The number of fused-ring (bicyclic) bond motifs is 1. The Balaban J connectivity index is 1.78. The fourth-order valence-electron chi connectivity index (χ4n) is 4.28. The lowest BCUT2D eigenvalue weighted by Gasteiger charge is -2.35. The number of carbonyl (C=O) groups excluding carboxylic acids is 3. The summed E-state index contributed by atoms with van der Waals surface area (Å²) in [5.41, 5.74) is 2.32. The van der Waals surface area contributed by atoms with Crippen LogP contribution >= 0.6 is 0 Å². The van der Waals surface area contributed by atoms with Crippen molar-refractivity contribution < 1.29 is 19.6 Å². The average molecular weight is 456 g/mol. The van der Waals surface area contributed by atoms with Crippen LogP contribution in [0.2, 0.25) is 0 Å². The van der Waals surface area contributed by atoms with Crippen molar-refractivity contribution in [3.63, 3.8) is 0 Å². The van der Waals surface area contributed by atoms with Crippen molar-refractivity contribution in [3.05, 3.63) is 36.5 Å². The zero-order chi connectivity index (χ0) is 24.0. The van der Waals surface area contributed by atoms with Crippen LogP contribution in [-0.4, -0.2) is 52.1 Å². The maximum Gasteiger partial charge on any atom is 0.319 e. The van der Waals surface area contributed by atoms with Gasteiger partial charge in [-0.2, -0.15) is 0 Å². The summed E-state index contributed by atoms with van der Waals surface area (Å²) in [6.45, 7) is 5.72. The second-order valence-corrected chi connectivity index (χ2v) is 9.68. The zero-order valence-corrected chi connectivity index (χ0v) is 19.4. The molecule has 33 heavy (non-hydrogen) atoms. The standard InChI is InChI=1S/C24H33N5O4/c1-24(2,3)21(22(31)29(15-20(30)28-33)14-16-8-4-5-9-16)27-23(32)26-19-12-6-11-18-17(19)10-7-13-25-18/h6-7,10-13,16,21,33H,4-5,8-9,14-15H2,1-3H3,(H,28,30)(H2,26,27,32)/t21-/m1/s1. The van der Waals surface area contributed by atoms with Gasteiger partial charge in [0.2, 0.25) is 5.91 Å². The molecular formula is C24H33N5O4. The monoisotopic (exact) mass is 455 g/mol. The second kappa shape index (κ2) is 10.6. The molecule has 0 aliphatic heterocycles. The minimum absolute atomic E-state index is 0.267. The maximum atomic E-state index is 13.5. The van der Waals surface area contributed by atoms with E-state index in [1.807, 2.05) is 32.9 Å². The molecule has 178 valence electrons. The SMILES string of the molecule is CC(C)(C)[C@H](NC(=O)Nc1cccc2ncccc12)C(=O)N(CC(=O)NO)CC1CCCC1. The van der Waals surface area contributed by atoms with Crippen LogP contribution in [0.25, 0.3) is 10.9 Å². The third-order valence-electron chi connectivity index (χ3n) is 6.01. The molecule has 0 radical (unpaired) electrons. The minimum atomic E-state index is -0.876. The average Bonchev–Trinajstić information content (AvgIpc) is 3.29. The van der Waals surface area contributed by atoms with E-state index in [1.54, 1.807) is 29.9 Å². The van der Waals surface area contributed by atoms with Crippen molar-refractivity contribution in [2.75, 3.05) is 18.4 Å². The first kappa shape index (κ1) is 24.4. The fourth-order valence-corrected chi connectivity index (χ4v) is 4.28. The summed E-state index contributed by atoms with van der Waals surface area (Å²) in [6.07, 6.45) is 5.87. The number of nitrogens with one attached hydrogen (secondary N) is 3. The van der Waals surface area contributed by atoms with Crippen molar-refractivity contribution in [2.45, 2.75) is 52.5 Å². The molecule has 0 saturated heterocycles. The van der Waals surface area contributed by atoms with Gasteiger partial charge in [-0.05, 0) is 48.4 Å². The highest BCUT2D eigenvalue weighted by Gasteiger charge is 2.37. The highest BCUT2D eigenvalue weighted by Crippen LogP contribution is 2.28. The number of rotatable bonds is 7. The molecule has 1 aliphatic carbocycles. The van der Waals surface area contributed by atoms with E-state index in [-0.39, 0.29) is 12.5 Å². The fraction of sp³-hybridized carbons (Fsp3) is 0.500. The van der Waals surface area contributed by atoms with E-state index >= 15 is 0 Å². The number of aromatic nitrogens is 1. The van der Waals surface area contributed by atoms with Crippen molar-refractivity contribution in [1.82, 2.24) is 20.7 Å². The van der Waals surface area contributed by atoms with E-state index in [1.165, 1.54) is 4.90 Å². The molecule has 4 amide bonds. The van der Waals surface area contributed by atoms with E-state index in [4.69, 9.17) is 5.21 Å². The molecule has 1 fully saturated rings. The van der Waals surface area contributed by atoms with Gasteiger partial charge in [0, 0.05) is 18.1 Å². The van der Waals surface area contributed by atoms with Gasteiger partial charge >= 0.3 is 6.03 Å². The summed E-state index contributed by atoms with van der Waals surface area (Å²) >= 11 is 0. The van der Waals surface area contributed by atoms with Crippen molar-refractivity contribution in [1.29, 1.82) is 0 Å². The molecule has 0 unspecified atom stereocenters. The number of hydroxylamine groups is 1. The van der Waals surface area contributed by atoms with Crippen LogP contribution in [0.1, 0.15) is 46.5 Å². The molecule has 1 saturated carbocycles. The number of anilines is 1. The van der Waals surface area contributed by atoms with Gasteiger partial charge in [0.1, 0.15) is 12.6 Å². The number of urea groups is 1. The largest absolute Gasteiger partial charge is 0.331 e. The molecule has 1 aromatic carbocycles. The quantitative estimate of drug-likeness (QED) is 0.377. The minimum Gasteiger partial charge on any atom is -0.331 e. The van der Waals surface area contributed by atoms with Crippen LogP contribution < -0.4 is 16.1 Å². The molecule has 1 aromatic heterocycles. The van der Waals surface area contributed by atoms with E-state index in [2.05, 4.69) is 15.6 Å². The van der Waals surface area contributed by atoms with Crippen LogP contribution in [-0.2, 0) is 9.59 Å². The lowest BCUT2D eigenvalue weighted by molar-refractivity contribution is -0.142. The van der Waals surface area contributed by atoms with Crippen LogP contribution in [0.5, 0.6) is 0 Å². The molecular weight excluding hydrogens is 422 g/mol. The molecule has 1 aliphatic rings. The van der Waals surface area contributed by atoms with Gasteiger partial charge in [-0.25, -0.2) is 10.3 Å². The van der Waals surface area contributed by atoms with Crippen LogP contribution in [0.4, 0.5) is 10.5 Å². The first-order valence-electron chi connectivity index (χ1n) is 11.3. The molecule has 0 bridgehead atoms. The van der Waals surface area contributed by atoms with Crippen molar-refractivity contribution >= 4 is 34.4 Å². The number of hydrogen-bond acceptors (Lipinski definition) is 5. The first-order chi connectivity index (χ1) is 15.7. The Morgan fingerprint density at radius 2 is 1.88 bits per heavy atom. The smallest absolute Gasteiger partial charge is 0.319 e. The van der Waals surface area contributed by atoms with Gasteiger partial charge in [0.05, 0.1) is 11.2 Å². The van der Waals surface area contributed by atoms with Gasteiger partial charge < -0.3 is 15.5 Å². The summed E-state index contributed by atoms with van der Waals surface area (Å²) in [5.74, 6) is -0.715. The summed E-state index contributed by atoms with van der Waals surface area (Å²) in [5, 5.41) is 15.4. The van der Waals surface area contributed by atoms with E-state index in [0.717, 1.165) is 36.6 Å². The Morgan fingerprint density at radius 3 is 2.55 bits per heavy atom. The molecule has 1 atom stereocenters. The Labute approximate surface area is 193 Å². The Bertz CT molecular complexity index is 993. The summed E-state index contributed by atoms with van der Waals surface area (Å²) in [4.78, 5) is 44.1. The van der Waals surface area contributed by atoms with Gasteiger partial charge in [-0.15, -0.1) is 0 Å². The molecule has 0 spiro atoms. The first-order valence-corrected chi connectivity index (χ1v) is 11.3. The summed E-state index contributed by atoms with van der Waals surface area (Å²) < 4.78 is 0. The molecule has 4 N–H and O–H groups in total. The van der Waals surface area contributed by atoms with Crippen molar-refractivity contribution in [2.24, 2.45) is 11.3 Å². The van der Waals surface area contributed by atoms with Crippen molar-refractivity contribution in [3.8, 4) is 0 Å². The van der Waals surface area contributed by atoms with E-state index < -0.39 is 23.4 Å². The van der Waals surface area contributed by atoms with Gasteiger partial charge in [0.25, 0.3) is 5.91 Å². The van der Waals surface area contributed by atoms with Gasteiger partial charge in [0.15, 0.2) is 0 Å². The molecule has 3 rings (SSSR count). The number of pyridine rings is 1. The molecule has 9 heteroatoms. The predicted molar refractivity (Wildman–Crippen MR) is 126 cm³/mol. The zero-order valence-electron chi connectivity index (χ0n) is 19.4. The highest BCUT2D eigenvalue weighted by molar-refractivity contribution is 6.01. The van der Waals surface area contributed by atoms with E-state index in [0.29, 0.717) is 18.2 Å². The lowest BCUT2D eigenvalue weighted by atomic mass is 9.85. The van der Waals surface area contributed by atoms with Crippen LogP contribution in [0.3, 0.4) is 0 Å². The molecule has 1 heterocycles. The number of benzene rings is 1. The summed E-state index contributed by atoms with van der Waals surface area (Å²) in [7, 11) is 0. The predicted octanol–water partition coefficient (Wildman–Crippen LogP) is 3.30. The van der Waals surface area contributed by atoms with Gasteiger partial charge in [-0.3, -0.25) is 19.8 Å².